The van der Waals surface area contributed by atoms with Crippen molar-refractivity contribution in [3.63, 3.8) is 0 Å². The highest BCUT2D eigenvalue weighted by atomic mass is 16.7. The number of carboxylic acid groups (broad SMARTS) is 1. The number of alkyl carbamates (subject to hydrolysis) is 1. The fourth-order valence-electron chi connectivity index (χ4n) is 14.5. The number of imide groups is 1. The van der Waals surface area contributed by atoms with Gasteiger partial charge in [0.1, 0.15) is 122 Å². The van der Waals surface area contributed by atoms with Crippen LogP contribution in [0.2, 0.25) is 0 Å². The van der Waals surface area contributed by atoms with Crippen LogP contribution in [0.5, 0.6) is 0 Å². The zero-order valence-corrected chi connectivity index (χ0v) is 80.9. The van der Waals surface area contributed by atoms with Crippen LogP contribution in [0.25, 0.3) is 0 Å². The Kier molecular flexibility index (Phi) is 57.3. The van der Waals surface area contributed by atoms with Crippen LogP contribution in [0.3, 0.4) is 0 Å². The topological polar surface area (TPSA) is 591 Å². The summed E-state index contributed by atoms with van der Waals surface area (Å²) in [5, 5.41) is 22.2. The summed E-state index contributed by atoms with van der Waals surface area (Å²) in [5.41, 5.74) is 4.83. The number of rotatable bonds is 51. The van der Waals surface area contributed by atoms with Crippen LogP contribution >= 0.6 is 0 Å². The number of amides is 7. The molecule has 0 aliphatic carbocycles. The molecule has 5 aliphatic rings. The lowest BCUT2D eigenvalue weighted by Gasteiger charge is -2.44. The molecule has 4 fully saturated rings. The number of esters is 8. The highest BCUT2D eigenvalue weighted by molar-refractivity contribution is 6.12. The van der Waals surface area contributed by atoms with Gasteiger partial charge in [-0.3, -0.25) is 91.2 Å². The Balaban J connectivity index is 0.000000609. The maximum atomic E-state index is 12.2. The highest BCUT2D eigenvalue weighted by Crippen LogP contribution is 2.35. The Labute approximate surface area is 782 Å². The molecule has 134 heavy (non-hydrogen) atoms. The number of aliphatic carboxylic acids is 1. The molecule has 0 unspecified atom stereocenters. The number of nitrogens with one attached hydrogen (secondary N) is 5. The van der Waals surface area contributed by atoms with E-state index in [1.165, 1.54) is 95.2 Å². The van der Waals surface area contributed by atoms with Crippen molar-refractivity contribution in [2.45, 2.75) is 351 Å². The Hall–Kier alpha value is -10.1. The first kappa shape index (κ1) is 120. The number of carbonyl (C=O) groups is 19. The van der Waals surface area contributed by atoms with Gasteiger partial charge in [-0.05, 0) is 97.9 Å². The third kappa shape index (κ3) is 49.9. The number of ether oxygens (including phenoxy) is 17. The molecular formula is C90H145N7O37. The van der Waals surface area contributed by atoms with E-state index in [0.717, 1.165) is 4.90 Å². The zero-order chi connectivity index (χ0) is 101. The number of carbonyl (C=O) groups excluding carboxylic acids is 18. The van der Waals surface area contributed by atoms with E-state index in [-0.39, 0.29) is 137 Å². The molecule has 0 spiro atoms. The molecule has 762 valence electrons. The molecule has 5 rings (SSSR count). The lowest BCUT2D eigenvalue weighted by molar-refractivity contribution is -0.260. The quantitative estimate of drug-likeness (QED) is 0.0188. The average Bonchev–Trinajstić information content (AvgIpc) is 1.08. The molecule has 8 N–H and O–H groups in total. The van der Waals surface area contributed by atoms with Gasteiger partial charge in [0, 0.05) is 203 Å². The summed E-state index contributed by atoms with van der Waals surface area (Å²) >= 11 is 0. The number of Topliss-reactive ketones (excluding diaryl/α,β-unsaturated/α-hetero) is 3. The molecule has 0 saturated carbocycles. The van der Waals surface area contributed by atoms with E-state index in [1.807, 2.05) is 0 Å². The second kappa shape index (κ2) is 64.0. The molecule has 0 aromatic heterocycles. The number of carboxylic acids is 1. The maximum absolute atomic E-state index is 12.2. The fraction of sp³-hybridized carbons (Fsp3) is 0.767. The van der Waals surface area contributed by atoms with Crippen LogP contribution in [0, 0.1) is 23.7 Å². The molecule has 0 aromatic rings. The molecule has 20 atom stereocenters. The van der Waals surface area contributed by atoms with Crippen LogP contribution in [0.4, 0.5) is 4.79 Å². The molecule has 0 bridgehead atoms. The van der Waals surface area contributed by atoms with Crippen LogP contribution < -0.4 is 32.3 Å². The average molecular weight is 1920 g/mol. The summed E-state index contributed by atoms with van der Waals surface area (Å²) in [6.07, 6.45) is 0.891. The zero-order valence-electron chi connectivity index (χ0n) is 80.9. The van der Waals surface area contributed by atoms with Crippen molar-refractivity contribution in [2.24, 2.45) is 29.4 Å². The number of nitrogens with zero attached hydrogens (tertiary/aromatic N) is 1. The third-order valence-electron chi connectivity index (χ3n) is 20.9. The van der Waals surface area contributed by atoms with Gasteiger partial charge >= 0.3 is 59.8 Å². The Bertz CT molecular complexity index is 3820. The van der Waals surface area contributed by atoms with Crippen LogP contribution in [0.1, 0.15) is 247 Å². The molecule has 44 heteroatoms. The third-order valence-corrected chi connectivity index (χ3v) is 20.9. The fourth-order valence-corrected chi connectivity index (χ4v) is 14.5. The van der Waals surface area contributed by atoms with Crippen molar-refractivity contribution in [3.8, 4) is 0 Å². The summed E-state index contributed by atoms with van der Waals surface area (Å²) in [6, 6.07) is -3.03. The van der Waals surface area contributed by atoms with E-state index >= 15 is 0 Å². The lowest BCUT2D eigenvalue weighted by Crippen LogP contribution is -2.63. The number of ketones is 3. The molecular weight excluding hydrogens is 1770 g/mol. The van der Waals surface area contributed by atoms with Gasteiger partial charge < -0.3 is 118 Å². The van der Waals surface area contributed by atoms with Gasteiger partial charge in [0.25, 0.3) is 11.8 Å². The summed E-state index contributed by atoms with van der Waals surface area (Å²) in [6.45, 7) is 29.7. The van der Waals surface area contributed by atoms with Crippen molar-refractivity contribution in [1.82, 2.24) is 31.5 Å². The smallest absolute Gasteiger partial charge is 0.407 e. The minimum Gasteiger partial charge on any atom is -0.481 e. The highest BCUT2D eigenvalue weighted by Gasteiger charge is 2.52. The molecule has 5 aliphatic heterocycles. The van der Waals surface area contributed by atoms with E-state index in [9.17, 15) is 91.1 Å². The second-order valence-electron chi connectivity index (χ2n) is 34.0. The van der Waals surface area contributed by atoms with Gasteiger partial charge in [-0.2, -0.15) is 0 Å². The summed E-state index contributed by atoms with van der Waals surface area (Å²) < 4.78 is 94.5. The monoisotopic (exact) mass is 1920 g/mol. The molecule has 0 radical (unpaired) electrons. The molecule has 5 heterocycles. The first-order chi connectivity index (χ1) is 62.9. The molecule has 4 saturated heterocycles. The normalized spacial score (nSPS) is 25.1. The molecule has 7 amide bonds. The van der Waals surface area contributed by atoms with Crippen molar-refractivity contribution in [1.29, 1.82) is 0 Å². The molecule has 0 aromatic carbocycles. The standard InChI is InChI=1S/C26H44N2O10.C25H36N2O10.C21H36N2O8.C18H29NO9/c1-16-21(15-35-18(3)30)37-24(22(28-17(2)29)23(16)36-19(4)31)34-14-9-8-11-20(32)12-10-13-27-25(33)38-26(5,6)7;1-15-20(14-35-17(3)29)37-25(23(26-16(2)28)24(15)36-18(4)30)34-13-6-5-8-19(31)9-7-12-27-21(32)10-11-22(27)33;1-13-18(12-29-15(3)25)31-21(19(23-14(2)24)20(13)30-16(4)26)28-11-6-5-8-17(27)9-7-10-22;1-10-14(9-26-12(3)21)28-18(25-8-6-5-7-15(23)24)16(19-11(2)20)17(10)27-13(4)22/h16,21-24H,8-15H2,1-7H3,(H,27,33)(H,28,29);10-11,15,20,23-25H,5-9,12-14H2,1-4H3,(H,26,28);13,18-21H,5-12,22H2,1-4H3,(H,23,24);10,14,16-18H,5-9H2,1-4H3,(H,19,20)(H,23,24)/t16-,21+,22+,23-,24+;15-,20+,23+,24-,25+;13-,18+,19+,20-,21+;10-,14+,16+,17-,18+/m0000/s1. The molecule has 44 nitrogen and oxygen atoms in total. The first-order valence-electron chi connectivity index (χ1n) is 45.3. The van der Waals surface area contributed by atoms with Gasteiger partial charge in [-0.25, -0.2) is 4.79 Å². The van der Waals surface area contributed by atoms with Crippen LogP contribution in [0.15, 0.2) is 12.2 Å². The van der Waals surface area contributed by atoms with Crippen LogP contribution in [-0.2, 0) is 167 Å². The minimum absolute atomic E-state index is 0.0160. The summed E-state index contributed by atoms with van der Waals surface area (Å²) in [4.78, 5) is 221. The number of hydrogen-bond acceptors (Lipinski definition) is 37. The lowest BCUT2D eigenvalue weighted by atomic mass is 9.89. The Morgan fingerprint density at radius 3 is 0.858 bits per heavy atom. The van der Waals surface area contributed by atoms with E-state index in [1.54, 1.807) is 48.5 Å². The van der Waals surface area contributed by atoms with Gasteiger partial charge in [0.15, 0.2) is 25.2 Å². The summed E-state index contributed by atoms with van der Waals surface area (Å²) in [7, 11) is 0. The maximum Gasteiger partial charge on any atom is 0.407 e. The Morgan fingerprint density at radius 2 is 0.619 bits per heavy atom. The summed E-state index contributed by atoms with van der Waals surface area (Å²) in [5.74, 6) is -8.26. The van der Waals surface area contributed by atoms with E-state index < -0.39 is 175 Å². The van der Waals surface area contributed by atoms with Crippen molar-refractivity contribution >= 4 is 113 Å². The largest absolute Gasteiger partial charge is 0.481 e. The Morgan fingerprint density at radius 1 is 0.366 bits per heavy atom. The van der Waals surface area contributed by atoms with Crippen LogP contribution in [-0.4, -0.2) is 299 Å². The van der Waals surface area contributed by atoms with Gasteiger partial charge in [-0.15, -0.1) is 0 Å². The van der Waals surface area contributed by atoms with Crippen molar-refractivity contribution in [2.75, 3.05) is 72.5 Å². The second-order valence-corrected chi connectivity index (χ2v) is 34.0. The van der Waals surface area contributed by atoms with Crippen molar-refractivity contribution < 1.29 is 177 Å². The minimum atomic E-state index is -0.968. The number of hydrogen-bond donors (Lipinski definition) is 7. The van der Waals surface area contributed by atoms with Crippen molar-refractivity contribution in [3.05, 3.63) is 12.2 Å². The van der Waals surface area contributed by atoms with Gasteiger partial charge in [-0.1, -0.05) is 27.7 Å². The predicted octanol–water partition coefficient (Wildman–Crippen LogP) is 4.68. The predicted molar refractivity (Wildman–Crippen MR) is 469 cm³/mol. The number of nitrogens with two attached hydrogens (primary N) is 1. The van der Waals surface area contributed by atoms with E-state index in [2.05, 4.69) is 26.6 Å². The van der Waals surface area contributed by atoms with E-state index in [4.69, 9.17) is 91.4 Å². The SMILES string of the molecule is CC(=O)N[C@H]1[C@H](OCCCCC(=O)CCCN)O[C@H](COC(C)=O)[C@H](C)[C@@H]1OC(C)=O.CC(=O)N[C@H]1[C@H](OCCCCC(=O)CCCN2C(=O)C=CC2=O)O[C@H](COC(C)=O)[C@H](C)[C@@H]1OC(C)=O.CC(=O)N[C@H]1[C@H](OCCCCC(=O)CCCNC(=O)OC(C)(C)C)O[C@H](COC(C)=O)[C@H](C)[C@@H]1OC(C)=O.CC(=O)N[C@H]1[C@H](OCCCCC(=O)O)O[C@H](COC(C)=O)[C@H](C)[C@@H]1OC(C)=O. The van der Waals surface area contributed by atoms with E-state index in [0.29, 0.717) is 116 Å². The van der Waals surface area contributed by atoms with Gasteiger partial charge in [0.05, 0.1) is 0 Å². The number of unbranched alkanes of at least 4 members (excludes halogenated alkanes) is 4. The van der Waals surface area contributed by atoms with Gasteiger partial charge in [0.2, 0.25) is 23.6 Å². The first-order valence-corrected chi connectivity index (χ1v) is 45.3.